The molecule has 0 saturated carbocycles. The third-order valence-corrected chi connectivity index (χ3v) is 4.04. The van der Waals surface area contributed by atoms with Gasteiger partial charge in [0.2, 0.25) is 5.95 Å². The third-order valence-electron chi connectivity index (χ3n) is 4.04. The van der Waals surface area contributed by atoms with Gasteiger partial charge in [-0.05, 0) is 40.3 Å². The van der Waals surface area contributed by atoms with Gasteiger partial charge in [-0.1, -0.05) is 0 Å². The first-order valence-electron chi connectivity index (χ1n) is 7.01. The molecule has 1 fully saturated rings. The molecule has 0 aromatic carbocycles. The molecule has 0 spiro atoms. The summed E-state index contributed by atoms with van der Waals surface area (Å²) in [7, 11) is 2.17. The van der Waals surface area contributed by atoms with Crippen LogP contribution in [-0.4, -0.2) is 44.4 Å². The van der Waals surface area contributed by atoms with E-state index in [9.17, 15) is 0 Å². The predicted molar refractivity (Wildman–Crippen MR) is 76.1 cm³/mol. The predicted octanol–water partition coefficient (Wildman–Crippen LogP) is 1.41. The van der Waals surface area contributed by atoms with Crippen molar-refractivity contribution in [2.75, 3.05) is 25.9 Å². The van der Waals surface area contributed by atoms with Crippen molar-refractivity contribution in [3.05, 3.63) is 5.69 Å². The Labute approximate surface area is 113 Å². The van der Waals surface area contributed by atoms with Crippen LogP contribution >= 0.6 is 0 Å². The van der Waals surface area contributed by atoms with E-state index in [0.717, 1.165) is 36.4 Å². The van der Waals surface area contributed by atoms with Gasteiger partial charge in [0.1, 0.15) is 5.52 Å². The summed E-state index contributed by atoms with van der Waals surface area (Å²) in [5.74, 6) is 0.623. The lowest BCUT2D eigenvalue weighted by molar-refractivity contribution is 0.215. The maximum absolute atomic E-state index is 6.16. The number of aromatic nitrogens is 4. The van der Waals surface area contributed by atoms with E-state index in [2.05, 4.69) is 33.5 Å². The van der Waals surface area contributed by atoms with Crippen molar-refractivity contribution in [3.8, 4) is 0 Å². The lowest BCUT2D eigenvalue weighted by Gasteiger charge is -2.31. The van der Waals surface area contributed by atoms with E-state index in [4.69, 9.17) is 5.73 Å². The van der Waals surface area contributed by atoms with Gasteiger partial charge in [-0.2, -0.15) is 5.10 Å². The maximum Gasteiger partial charge on any atom is 0.202 e. The Hall–Kier alpha value is -1.56. The van der Waals surface area contributed by atoms with Gasteiger partial charge in [0.15, 0.2) is 5.65 Å². The molecule has 6 nitrogen and oxygen atoms in total. The van der Waals surface area contributed by atoms with Gasteiger partial charge < -0.3 is 10.6 Å². The Morgan fingerprint density at radius 2 is 2.21 bits per heavy atom. The molecule has 3 rings (SSSR count). The largest absolute Gasteiger partial charge is 0.369 e. The molecule has 1 aliphatic heterocycles. The fourth-order valence-electron chi connectivity index (χ4n) is 3.14. The van der Waals surface area contributed by atoms with Gasteiger partial charge in [0.05, 0.1) is 11.7 Å². The maximum atomic E-state index is 6.16. The van der Waals surface area contributed by atoms with Gasteiger partial charge in [0, 0.05) is 13.1 Å². The minimum absolute atomic E-state index is 0.408. The summed E-state index contributed by atoms with van der Waals surface area (Å²) in [6.45, 7) is 7.15. The Kier molecular flexibility index (Phi) is 2.97. The fraction of sp³-hybridized carbons (Fsp3) is 0.692. The van der Waals surface area contributed by atoms with E-state index >= 15 is 0 Å². The Morgan fingerprint density at radius 1 is 1.42 bits per heavy atom. The molecule has 2 N–H and O–H groups in total. The molecule has 3 heterocycles. The zero-order valence-electron chi connectivity index (χ0n) is 11.9. The van der Waals surface area contributed by atoms with E-state index in [-0.39, 0.29) is 0 Å². The zero-order valence-corrected chi connectivity index (χ0v) is 11.9. The molecular formula is C13H22N6. The number of nitrogen functional groups attached to an aromatic ring is 1. The first-order chi connectivity index (χ1) is 9.11. The monoisotopic (exact) mass is 262 g/mol. The van der Waals surface area contributed by atoms with Crippen LogP contribution in [0.4, 0.5) is 5.95 Å². The summed E-state index contributed by atoms with van der Waals surface area (Å²) < 4.78 is 4.21. The number of imidazole rings is 1. The summed E-state index contributed by atoms with van der Waals surface area (Å²) in [5, 5.41) is 4.55. The average molecular weight is 262 g/mol. The molecule has 1 aliphatic rings. The quantitative estimate of drug-likeness (QED) is 0.888. The van der Waals surface area contributed by atoms with Crippen molar-refractivity contribution in [2.45, 2.75) is 39.3 Å². The number of anilines is 1. The normalized spacial score (nSPS) is 21.3. The summed E-state index contributed by atoms with van der Waals surface area (Å²) in [6.07, 6.45) is 2.37. The molecule has 0 amide bonds. The van der Waals surface area contributed by atoms with Gasteiger partial charge >= 0.3 is 0 Å². The van der Waals surface area contributed by atoms with Crippen molar-refractivity contribution in [1.29, 1.82) is 0 Å². The molecule has 0 radical (unpaired) electrons. The highest BCUT2D eigenvalue weighted by Crippen LogP contribution is 2.29. The van der Waals surface area contributed by atoms with Crippen molar-refractivity contribution in [2.24, 2.45) is 0 Å². The van der Waals surface area contributed by atoms with Crippen LogP contribution in [0.3, 0.4) is 0 Å². The highest BCUT2D eigenvalue weighted by molar-refractivity contribution is 5.77. The number of piperidine rings is 1. The molecule has 1 atom stereocenters. The summed E-state index contributed by atoms with van der Waals surface area (Å²) in [5.41, 5.74) is 9.16. The molecule has 19 heavy (non-hydrogen) atoms. The lowest BCUT2D eigenvalue weighted by Crippen LogP contribution is -2.34. The smallest absolute Gasteiger partial charge is 0.202 e. The number of hydrogen-bond acceptors (Lipinski definition) is 4. The molecular weight excluding hydrogens is 240 g/mol. The summed E-state index contributed by atoms with van der Waals surface area (Å²) in [4.78, 5) is 6.88. The molecule has 2 aromatic heterocycles. The Morgan fingerprint density at radius 3 is 2.89 bits per heavy atom. The molecule has 0 aliphatic carbocycles. The van der Waals surface area contributed by atoms with E-state index in [1.165, 1.54) is 13.0 Å². The highest BCUT2D eigenvalue weighted by atomic mass is 15.4. The van der Waals surface area contributed by atoms with Gasteiger partial charge in [-0.3, -0.25) is 4.57 Å². The van der Waals surface area contributed by atoms with Crippen molar-refractivity contribution < 1.29 is 0 Å². The van der Waals surface area contributed by atoms with E-state index in [0.29, 0.717) is 12.0 Å². The Balaban J connectivity index is 2.13. The molecule has 2 aromatic rings. The molecule has 0 bridgehead atoms. The standard InChI is InChI=1S/C13H22N6/c1-4-18-12-11(9(2)16-18)15-13(14)19(12)10-6-5-7-17(3)8-10/h10H,4-8H2,1-3H3,(H2,14,15). The number of fused-ring (bicyclic) bond motifs is 1. The van der Waals surface area contributed by atoms with Crippen LogP contribution in [0.25, 0.3) is 11.2 Å². The molecule has 1 saturated heterocycles. The van der Waals surface area contributed by atoms with E-state index in [1.54, 1.807) is 0 Å². The number of rotatable bonds is 2. The van der Waals surface area contributed by atoms with Crippen LogP contribution in [0.15, 0.2) is 0 Å². The first kappa shape index (κ1) is 12.5. The van der Waals surface area contributed by atoms with Crippen molar-refractivity contribution >= 4 is 17.1 Å². The van der Waals surface area contributed by atoms with Gasteiger partial charge in [-0.25, -0.2) is 9.67 Å². The average Bonchev–Trinajstić information content (AvgIpc) is 2.86. The van der Waals surface area contributed by atoms with Crippen LogP contribution in [0.2, 0.25) is 0 Å². The number of likely N-dealkylation sites (tertiary alicyclic amines) is 1. The lowest BCUT2D eigenvalue weighted by atomic mass is 10.1. The van der Waals surface area contributed by atoms with Crippen molar-refractivity contribution in [1.82, 2.24) is 24.2 Å². The second-order valence-corrected chi connectivity index (χ2v) is 5.47. The number of aryl methyl sites for hydroxylation is 2. The number of hydrogen-bond donors (Lipinski definition) is 1. The second kappa shape index (κ2) is 4.52. The van der Waals surface area contributed by atoms with Crippen LogP contribution in [0.1, 0.15) is 31.5 Å². The number of nitrogens with two attached hydrogens (primary N) is 1. The van der Waals surface area contributed by atoms with E-state index in [1.807, 2.05) is 11.6 Å². The van der Waals surface area contributed by atoms with Crippen LogP contribution in [0.5, 0.6) is 0 Å². The van der Waals surface area contributed by atoms with Crippen molar-refractivity contribution in [3.63, 3.8) is 0 Å². The van der Waals surface area contributed by atoms with Crippen LogP contribution in [0, 0.1) is 6.92 Å². The van der Waals surface area contributed by atoms with Crippen LogP contribution < -0.4 is 5.73 Å². The topological polar surface area (TPSA) is 64.9 Å². The summed E-state index contributed by atoms with van der Waals surface area (Å²) >= 11 is 0. The third kappa shape index (κ3) is 1.90. The highest BCUT2D eigenvalue weighted by Gasteiger charge is 2.25. The van der Waals surface area contributed by atoms with Gasteiger partial charge in [0.25, 0.3) is 0 Å². The number of likely N-dealkylation sites (N-methyl/N-ethyl adjacent to an activating group) is 1. The van der Waals surface area contributed by atoms with Crippen LogP contribution in [-0.2, 0) is 6.54 Å². The second-order valence-electron chi connectivity index (χ2n) is 5.47. The van der Waals surface area contributed by atoms with E-state index < -0.39 is 0 Å². The first-order valence-corrected chi connectivity index (χ1v) is 7.01. The summed E-state index contributed by atoms with van der Waals surface area (Å²) in [6, 6.07) is 0.408. The van der Waals surface area contributed by atoms with Gasteiger partial charge in [-0.15, -0.1) is 0 Å². The minimum Gasteiger partial charge on any atom is -0.369 e. The molecule has 1 unspecified atom stereocenters. The fourth-order valence-corrected chi connectivity index (χ4v) is 3.14. The number of nitrogens with zero attached hydrogens (tertiary/aromatic N) is 5. The Bertz CT molecular complexity index is 596. The minimum atomic E-state index is 0.408. The molecule has 6 heteroatoms. The zero-order chi connectivity index (χ0) is 13.6. The molecule has 104 valence electrons. The SMILES string of the molecule is CCn1nc(C)c2nc(N)n(C3CCCN(C)C3)c21.